The van der Waals surface area contributed by atoms with E-state index in [1.54, 1.807) is 11.3 Å². The van der Waals surface area contributed by atoms with Crippen LogP contribution in [-0.2, 0) is 6.54 Å². The molecule has 1 aromatic rings. The lowest BCUT2D eigenvalue weighted by Gasteiger charge is -2.29. The summed E-state index contributed by atoms with van der Waals surface area (Å²) < 4.78 is 0. The topological polar surface area (TPSA) is 54.2 Å². The van der Waals surface area contributed by atoms with Gasteiger partial charge in [-0.2, -0.15) is 0 Å². The third kappa shape index (κ3) is 4.16. The molecule has 2 rings (SSSR count). The zero-order valence-corrected chi connectivity index (χ0v) is 13.1. The second kappa shape index (κ2) is 6.20. The summed E-state index contributed by atoms with van der Waals surface area (Å²) in [5.74, 6) is 6.22. The quantitative estimate of drug-likeness (QED) is 0.661. The van der Waals surface area contributed by atoms with E-state index in [9.17, 15) is 0 Å². The molecule has 19 heavy (non-hydrogen) atoms. The summed E-state index contributed by atoms with van der Waals surface area (Å²) >= 11 is 1.65. The van der Waals surface area contributed by atoms with Crippen molar-refractivity contribution in [1.29, 1.82) is 0 Å². The number of thiazole rings is 1. The second-order valence-corrected chi connectivity index (χ2v) is 7.66. The number of rotatable bonds is 3. The van der Waals surface area contributed by atoms with Crippen LogP contribution in [-0.4, -0.2) is 23.0 Å². The largest absolute Gasteiger partial charge is 0.300 e. The van der Waals surface area contributed by atoms with Crippen molar-refractivity contribution in [2.45, 2.75) is 46.6 Å². The van der Waals surface area contributed by atoms with Crippen molar-refractivity contribution >= 4 is 16.5 Å². The minimum absolute atomic E-state index is 0.442. The van der Waals surface area contributed by atoms with Crippen molar-refractivity contribution in [3.63, 3.8) is 0 Å². The number of nitrogen functional groups attached to an aromatic ring is 1. The Kier molecular flexibility index (Phi) is 4.81. The average molecular weight is 282 g/mol. The molecule has 0 aliphatic carbocycles. The first kappa shape index (κ1) is 14.8. The van der Waals surface area contributed by atoms with Crippen LogP contribution in [0.1, 0.15) is 44.9 Å². The summed E-state index contributed by atoms with van der Waals surface area (Å²) in [6, 6.07) is 0. The molecule has 1 aliphatic heterocycles. The van der Waals surface area contributed by atoms with Crippen molar-refractivity contribution in [2.75, 3.05) is 18.5 Å². The fourth-order valence-electron chi connectivity index (χ4n) is 2.85. The van der Waals surface area contributed by atoms with E-state index < -0.39 is 0 Å². The van der Waals surface area contributed by atoms with Crippen LogP contribution in [0.3, 0.4) is 0 Å². The van der Waals surface area contributed by atoms with Gasteiger partial charge in [0.2, 0.25) is 0 Å². The number of nitrogens with one attached hydrogen (secondary N) is 1. The summed E-state index contributed by atoms with van der Waals surface area (Å²) in [5, 5.41) is 0.803. The van der Waals surface area contributed by atoms with E-state index in [0.717, 1.165) is 17.6 Å². The highest BCUT2D eigenvalue weighted by atomic mass is 32.1. The van der Waals surface area contributed by atoms with Crippen molar-refractivity contribution in [2.24, 2.45) is 17.2 Å². The summed E-state index contributed by atoms with van der Waals surface area (Å²) in [7, 11) is 0. The SMILES string of the molecule is CC(C)(C)C1CCCN(Cc2cnc(NN)s2)CC1. The van der Waals surface area contributed by atoms with E-state index in [-0.39, 0.29) is 0 Å². The van der Waals surface area contributed by atoms with Gasteiger partial charge in [0.15, 0.2) is 5.13 Å². The van der Waals surface area contributed by atoms with E-state index in [0.29, 0.717) is 5.41 Å². The lowest BCUT2D eigenvalue weighted by atomic mass is 9.77. The van der Waals surface area contributed by atoms with E-state index in [1.807, 2.05) is 6.20 Å². The Labute approximate surface area is 120 Å². The van der Waals surface area contributed by atoms with Gasteiger partial charge in [0.25, 0.3) is 0 Å². The number of hydrogen-bond donors (Lipinski definition) is 2. The molecule has 0 radical (unpaired) electrons. The van der Waals surface area contributed by atoms with Crippen molar-refractivity contribution < 1.29 is 0 Å². The number of hydrogen-bond acceptors (Lipinski definition) is 5. The highest BCUT2D eigenvalue weighted by molar-refractivity contribution is 7.15. The van der Waals surface area contributed by atoms with Crippen LogP contribution in [0.15, 0.2) is 6.20 Å². The van der Waals surface area contributed by atoms with E-state index in [4.69, 9.17) is 5.84 Å². The van der Waals surface area contributed by atoms with Gasteiger partial charge in [0.1, 0.15) is 0 Å². The summed E-state index contributed by atoms with van der Waals surface area (Å²) in [5.41, 5.74) is 3.05. The van der Waals surface area contributed by atoms with Gasteiger partial charge in [-0.3, -0.25) is 10.3 Å². The van der Waals surface area contributed by atoms with Crippen molar-refractivity contribution in [1.82, 2.24) is 9.88 Å². The summed E-state index contributed by atoms with van der Waals surface area (Å²) in [4.78, 5) is 8.08. The molecule has 2 heterocycles. The third-order valence-corrected chi connectivity index (χ3v) is 5.02. The van der Waals surface area contributed by atoms with Crippen LogP contribution < -0.4 is 11.3 Å². The van der Waals surface area contributed by atoms with Crippen molar-refractivity contribution in [3.05, 3.63) is 11.1 Å². The molecule has 0 amide bonds. The van der Waals surface area contributed by atoms with E-state index in [1.165, 1.54) is 37.2 Å². The predicted octanol–water partition coefficient (Wildman–Crippen LogP) is 3.08. The fourth-order valence-corrected chi connectivity index (χ4v) is 3.61. The van der Waals surface area contributed by atoms with Gasteiger partial charge in [-0.25, -0.2) is 10.8 Å². The van der Waals surface area contributed by atoms with Crippen LogP contribution in [0.4, 0.5) is 5.13 Å². The first-order chi connectivity index (χ1) is 8.99. The number of nitrogens with two attached hydrogens (primary N) is 1. The minimum Gasteiger partial charge on any atom is -0.300 e. The Morgan fingerprint density at radius 3 is 2.84 bits per heavy atom. The fraction of sp³-hybridized carbons (Fsp3) is 0.786. The molecule has 1 atom stereocenters. The van der Waals surface area contributed by atoms with Gasteiger partial charge < -0.3 is 0 Å². The predicted molar refractivity (Wildman–Crippen MR) is 82.0 cm³/mol. The van der Waals surface area contributed by atoms with Gasteiger partial charge in [-0.05, 0) is 43.7 Å². The zero-order chi connectivity index (χ0) is 13.9. The molecule has 1 fully saturated rings. The lowest BCUT2D eigenvalue weighted by Crippen LogP contribution is -2.25. The number of likely N-dealkylation sites (tertiary alicyclic amines) is 1. The van der Waals surface area contributed by atoms with Crippen LogP contribution >= 0.6 is 11.3 Å². The highest BCUT2D eigenvalue weighted by Gasteiger charge is 2.27. The summed E-state index contributed by atoms with van der Waals surface area (Å²) in [6.45, 7) is 10.5. The molecule has 0 spiro atoms. The number of nitrogens with zero attached hydrogens (tertiary/aromatic N) is 2. The van der Waals surface area contributed by atoms with Gasteiger partial charge >= 0.3 is 0 Å². The Balaban J connectivity index is 1.89. The average Bonchev–Trinajstić information content (AvgIpc) is 2.65. The molecule has 4 nitrogen and oxygen atoms in total. The monoisotopic (exact) mass is 282 g/mol. The maximum absolute atomic E-state index is 5.37. The Morgan fingerprint density at radius 1 is 1.42 bits per heavy atom. The zero-order valence-electron chi connectivity index (χ0n) is 12.3. The highest BCUT2D eigenvalue weighted by Crippen LogP contribution is 2.34. The molecule has 0 bridgehead atoms. The van der Waals surface area contributed by atoms with Crippen molar-refractivity contribution in [3.8, 4) is 0 Å². The normalized spacial score (nSPS) is 22.2. The lowest BCUT2D eigenvalue weighted by molar-refractivity contribution is 0.207. The van der Waals surface area contributed by atoms with Crippen LogP contribution in [0, 0.1) is 11.3 Å². The molecule has 0 aromatic carbocycles. The van der Waals surface area contributed by atoms with Crippen LogP contribution in [0.5, 0.6) is 0 Å². The second-order valence-electron chi connectivity index (χ2n) is 6.55. The molecular formula is C14H26N4S. The summed E-state index contributed by atoms with van der Waals surface area (Å²) in [6.07, 6.45) is 5.91. The maximum Gasteiger partial charge on any atom is 0.197 e. The van der Waals surface area contributed by atoms with Gasteiger partial charge in [-0.15, -0.1) is 0 Å². The van der Waals surface area contributed by atoms with Crippen LogP contribution in [0.25, 0.3) is 0 Å². The van der Waals surface area contributed by atoms with E-state index >= 15 is 0 Å². The molecule has 3 N–H and O–H groups in total. The molecule has 1 saturated heterocycles. The Hall–Kier alpha value is -0.650. The van der Waals surface area contributed by atoms with Gasteiger partial charge in [0, 0.05) is 17.6 Å². The molecule has 5 heteroatoms. The first-order valence-electron chi connectivity index (χ1n) is 7.12. The molecule has 1 unspecified atom stereocenters. The van der Waals surface area contributed by atoms with Gasteiger partial charge in [-0.1, -0.05) is 32.1 Å². The third-order valence-electron chi connectivity index (χ3n) is 4.10. The minimum atomic E-state index is 0.442. The number of hydrazine groups is 1. The molecule has 1 aromatic heterocycles. The molecule has 108 valence electrons. The Morgan fingerprint density at radius 2 is 2.21 bits per heavy atom. The standard InChI is InChI=1S/C14H26N4S/c1-14(2,3)11-5-4-7-18(8-6-11)10-12-9-16-13(17-15)19-12/h9,11H,4-8,10,15H2,1-3H3,(H,16,17). The van der Waals surface area contributed by atoms with Crippen LogP contribution in [0.2, 0.25) is 0 Å². The molecule has 0 saturated carbocycles. The number of aromatic nitrogens is 1. The molecular weight excluding hydrogens is 256 g/mol. The molecule has 1 aliphatic rings. The Bertz CT molecular complexity index is 396. The smallest absolute Gasteiger partial charge is 0.197 e. The van der Waals surface area contributed by atoms with E-state index in [2.05, 4.69) is 36.1 Å². The number of anilines is 1. The first-order valence-corrected chi connectivity index (χ1v) is 7.94. The van der Waals surface area contributed by atoms with Gasteiger partial charge in [0.05, 0.1) is 0 Å². The maximum atomic E-state index is 5.37.